The highest BCUT2D eigenvalue weighted by Gasteiger charge is 2.16. The highest BCUT2D eigenvalue weighted by atomic mass is 15.0. The summed E-state index contributed by atoms with van der Waals surface area (Å²) in [5, 5.41) is 7.62. The van der Waals surface area contributed by atoms with Crippen molar-refractivity contribution in [2.24, 2.45) is 0 Å². The zero-order valence-corrected chi connectivity index (χ0v) is 33.2. The minimum absolute atomic E-state index is 0.525. The van der Waals surface area contributed by atoms with Crippen molar-refractivity contribution in [1.82, 2.24) is 34.9 Å². The Labute approximate surface area is 356 Å². The Hall–Kier alpha value is -8.55. The summed E-state index contributed by atoms with van der Waals surface area (Å²) in [6.45, 7) is 0. The van der Waals surface area contributed by atoms with Crippen LogP contribution in [-0.4, -0.2) is 34.9 Å². The Kier molecular flexibility index (Phi) is 8.35. The highest BCUT2D eigenvalue weighted by molar-refractivity contribution is 6.08. The van der Waals surface area contributed by atoms with Crippen molar-refractivity contribution in [3.63, 3.8) is 0 Å². The van der Waals surface area contributed by atoms with E-state index in [0.29, 0.717) is 23.2 Å². The van der Waals surface area contributed by atoms with Gasteiger partial charge >= 0.3 is 0 Å². The topological polar surface area (TPSA) is 90.2 Å². The summed E-state index contributed by atoms with van der Waals surface area (Å²) in [5.41, 5.74) is 11.4. The van der Waals surface area contributed by atoms with Crippen LogP contribution in [0.4, 0.5) is 0 Å². The van der Waals surface area contributed by atoms with E-state index in [-0.39, 0.29) is 0 Å². The van der Waals surface area contributed by atoms with E-state index in [9.17, 15) is 0 Å². The summed E-state index contributed by atoms with van der Waals surface area (Å²) in [6, 6.07) is 64.6. The van der Waals surface area contributed by atoms with Crippen molar-refractivity contribution >= 4 is 54.3 Å². The molecule has 0 fully saturated rings. The molecule has 0 amide bonds. The number of benzene rings is 7. The molecule has 7 heteroatoms. The molecule has 7 aromatic carbocycles. The lowest BCUT2D eigenvalue weighted by Crippen LogP contribution is -2.01. The molecule has 12 rings (SSSR count). The molecule has 0 aliphatic heterocycles. The fourth-order valence-electron chi connectivity index (χ4n) is 8.44. The number of hydrogen-bond donors (Lipinski definition) is 0. The van der Waals surface area contributed by atoms with Crippen LogP contribution in [0.2, 0.25) is 0 Å². The number of rotatable bonds is 6. The molecular weight excluding hydrogens is 759 g/mol. The van der Waals surface area contributed by atoms with Gasteiger partial charge in [-0.3, -0.25) is 4.98 Å². The van der Waals surface area contributed by atoms with Crippen molar-refractivity contribution in [2.45, 2.75) is 0 Å². The van der Waals surface area contributed by atoms with Crippen LogP contribution in [0.3, 0.4) is 0 Å². The van der Waals surface area contributed by atoms with E-state index in [1.54, 1.807) is 0 Å². The second-order valence-electron chi connectivity index (χ2n) is 15.4. The third kappa shape index (κ3) is 6.28. The molecule has 12 aromatic rings. The van der Waals surface area contributed by atoms with Crippen LogP contribution in [0, 0.1) is 0 Å². The van der Waals surface area contributed by atoms with Crippen LogP contribution in [0.25, 0.3) is 122 Å². The van der Waals surface area contributed by atoms with Gasteiger partial charge in [-0.15, -0.1) is 0 Å². The van der Waals surface area contributed by atoms with Crippen LogP contribution in [0.15, 0.2) is 200 Å². The number of pyridine rings is 4. The summed E-state index contributed by atoms with van der Waals surface area (Å²) in [6.07, 6.45) is 3.73. The van der Waals surface area contributed by atoms with Crippen LogP contribution >= 0.6 is 0 Å². The van der Waals surface area contributed by atoms with E-state index in [4.69, 9.17) is 29.9 Å². The summed E-state index contributed by atoms with van der Waals surface area (Å²) < 4.78 is 0. The molecule has 5 heterocycles. The molecule has 288 valence electrons. The smallest absolute Gasteiger partial charge is 0.182 e. The SMILES string of the molecule is c1ccc(-c2nc(-c3ccccc3)nc(-c3ccc4ccc(-c5ccc6nc(-c7ccc(-c8ccc9ccc%10ccncc%10c9n8)c8ccccc78)ccc6c5)cc4n3)n2)cc1. The first kappa shape index (κ1) is 35.4. The van der Waals surface area contributed by atoms with Gasteiger partial charge in [-0.05, 0) is 69.8 Å². The van der Waals surface area contributed by atoms with E-state index in [1.165, 1.54) is 0 Å². The van der Waals surface area contributed by atoms with Crippen molar-refractivity contribution in [3.05, 3.63) is 200 Å². The molecule has 0 saturated heterocycles. The molecule has 0 aliphatic carbocycles. The molecule has 5 aromatic heterocycles. The normalized spacial score (nSPS) is 11.5. The molecule has 0 N–H and O–H groups in total. The number of aromatic nitrogens is 7. The Morgan fingerprint density at radius 2 is 0.839 bits per heavy atom. The van der Waals surface area contributed by atoms with Crippen LogP contribution in [-0.2, 0) is 0 Å². The third-order valence-corrected chi connectivity index (χ3v) is 11.6. The largest absolute Gasteiger partial charge is 0.264 e. The second kappa shape index (κ2) is 14.6. The fourth-order valence-corrected chi connectivity index (χ4v) is 8.44. The zero-order chi connectivity index (χ0) is 41.0. The molecule has 7 nitrogen and oxygen atoms in total. The van der Waals surface area contributed by atoms with Crippen molar-refractivity contribution in [3.8, 4) is 67.9 Å². The number of fused-ring (bicyclic) bond motifs is 6. The number of hydrogen-bond acceptors (Lipinski definition) is 7. The maximum atomic E-state index is 5.21. The molecule has 62 heavy (non-hydrogen) atoms. The lowest BCUT2D eigenvalue weighted by molar-refractivity contribution is 1.06. The van der Waals surface area contributed by atoms with Gasteiger partial charge in [0, 0.05) is 56.2 Å². The first-order chi connectivity index (χ1) is 30.7. The van der Waals surface area contributed by atoms with Gasteiger partial charge in [-0.1, -0.05) is 146 Å². The highest BCUT2D eigenvalue weighted by Crippen LogP contribution is 2.37. The average molecular weight is 792 g/mol. The van der Waals surface area contributed by atoms with Gasteiger partial charge in [-0.25, -0.2) is 29.9 Å². The number of nitrogens with zero attached hydrogens (tertiary/aromatic N) is 7. The Balaban J connectivity index is 0.885. The zero-order valence-electron chi connectivity index (χ0n) is 33.2. The minimum Gasteiger partial charge on any atom is -0.264 e. The van der Waals surface area contributed by atoms with E-state index in [2.05, 4.69) is 120 Å². The third-order valence-electron chi connectivity index (χ3n) is 11.6. The van der Waals surface area contributed by atoms with Gasteiger partial charge in [0.15, 0.2) is 17.5 Å². The maximum Gasteiger partial charge on any atom is 0.182 e. The summed E-state index contributed by atoms with van der Waals surface area (Å²) in [5.74, 6) is 1.74. The molecule has 0 atom stereocenters. The maximum absolute atomic E-state index is 5.21. The van der Waals surface area contributed by atoms with Gasteiger partial charge in [-0.2, -0.15) is 0 Å². The molecular formula is C55H33N7. The average Bonchev–Trinajstić information content (AvgIpc) is 3.35. The lowest BCUT2D eigenvalue weighted by Gasteiger charge is -2.13. The van der Waals surface area contributed by atoms with Gasteiger partial charge in [0.25, 0.3) is 0 Å². The van der Waals surface area contributed by atoms with Gasteiger partial charge in [0.1, 0.15) is 5.69 Å². The molecule has 0 spiro atoms. The van der Waals surface area contributed by atoms with Crippen LogP contribution in [0.1, 0.15) is 0 Å². The lowest BCUT2D eigenvalue weighted by atomic mass is 9.95. The monoisotopic (exact) mass is 791 g/mol. The fraction of sp³-hybridized carbons (Fsp3) is 0. The van der Waals surface area contributed by atoms with Crippen molar-refractivity contribution in [1.29, 1.82) is 0 Å². The minimum atomic E-state index is 0.525. The second-order valence-corrected chi connectivity index (χ2v) is 15.4. The molecule has 0 radical (unpaired) electrons. The van der Waals surface area contributed by atoms with Crippen molar-refractivity contribution in [2.75, 3.05) is 0 Å². The molecule has 0 bridgehead atoms. The Morgan fingerprint density at radius 3 is 1.58 bits per heavy atom. The van der Waals surface area contributed by atoms with Crippen LogP contribution in [0.5, 0.6) is 0 Å². The molecule has 0 saturated carbocycles. The first-order valence-electron chi connectivity index (χ1n) is 20.5. The van der Waals surface area contributed by atoms with Crippen LogP contribution < -0.4 is 0 Å². The van der Waals surface area contributed by atoms with Gasteiger partial charge in [0.2, 0.25) is 0 Å². The Morgan fingerprint density at radius 1 is 0.290 bits per heavy atom. The van der Waals surface area contributed by atoms with E-state index in [1.807, 2.05) is 85.2 Å². The van der Waals surface area contributed by atoms with E-state index >= 15 is 0 Å². The summed E-state index contributed by atoms with van der Waals surface area (Å²) >= 11 is 0. The Bertz CT molecular complexity index is 3640. The van der Waals surface area contributed by atoms with Gasteiger partial charge < -0.3 is 0 Å². The van der Waals surface area contributed by atoms with Crippen molar-refractivity contribution < 1.29 is 0 Å². The summed E-state index contributed by atoms with van der Waals surface area (Å²) in [4.78, 5) is 34.6. The predicted molar refractivity (Wildman–Crippen MR) is 251 cm³/mol. The summed E-state index contributed by atoms with van der Waals surface area (Å²) in [7, 11) is 0. The molecule has 0 aliphatic rings. The van der Waals surface area contributed by atoms with E-state index < -0.39 is 0 Å². The standard InChI is InChI=1S/C55H33N7/c1-3-9-37(10-4-1)53-60-54(38-11-5-2-6-12-38)62-55(61-53)50-28-19-35-16-18-40(32-51(35)58-50)39-21-25-47-41(31-39)22-27-48(57-47)44-23-24-45(43-14-8-7-13-42(43)44)49-26-20-36-17-15-34-29-30-56-33-46(34)52(36)59-49/h1-33H. The van der Waals surface area contributed by atoms with Gasteiger partial charge in [0.05, 0.1) is 27.9 Å². The predicted octanol–water partition coefficient (Wildman–Crippen LogP) is 13.2. The quantitative estimate of drug-likeness (QED) is 0.155. The van der Waals surface area contributed by atoms with E-state index in [0.717, 1.165) is 99.0 Å². The first-order valence-corrected chi connectivity index (χ1v) is 20.5. The molecule has 0 unspecified atom stereocenters.